The Morgan fingerprint density at radius 1 is 0.946 bits per heavy atom. The number of fused-ring (bicyclic) bond motifs is 2. The summed E-state index contributed by atoms with van der Waals surface area (Å²) in [5.41, 5.74) is -2.15. The number of rotatable bonds is 5. The van der Waals surface area contributed by atoms with Gasteiger partial charge in [-0.3, -0.25) is 0 Å². The third-order valence-electron chi connectivity index (χ3n) is 6.98. The summed E-state index contributed by atoms with van der Waals surface area (Å²) >= 11 is 0. The van der Waals surface area contributed by atoms with Gasteiger partial charge in [0.2, 0.25) is 6.29 Å². The highest BCUT2D eigenvalue weighted by Crippen LogP contribution is 2.41. The van der Waals surface area contributed by atoms with E-state index in [1.54, 1.807) is 0 Å². The van der Waals surface area contributed by atoms with Crippen molar-refractivity contribution < 1.29 is 45.3 Å². The van der Waals surface area contributed by atoms with E-state index in [1.807, 2.05) is 4.90 Å². The van der Waals surface area contributed by atoms with Crippen LogP contribution in [-0.4, -0.2) is 42.0 Å². The SMILES string of the molecule is O=C(OC1CCCO1)c1cc(C(F)(F)F)ccc1O[C@H]1C[C@H]2CC[C@@H](C1)N2c1ccc(C(F)(F)F)cn1. The number of hydrogen-bond donors (Lipinski definition) is 0. The fraction of sp³-hybridized carbons (Fsp3) is 0.520. The molecule has 5 rings (SSSR count). The Morgan fingerprint density at radius 3 is 2.19 bits per heavy atom. The molecule has 0 radical (unpaired) electrons. The molecule has 0 saturated carbocycles. The van der Waals surface area contributed by atoms with Crippen LogP contribution >= 0.6 is 0 Å². The standard InChI is InChI=1S/C25H24F6N2O4/c26-24(27,28)14-3-7-20(19(10-14)23(34)37-22-2-1-9-35-22)36-18-11-16-5-6-17(12-18)33(16)21-8-4-15(13-32-21)25(29,30)31/h3-4,7-8,10,13,16-18,22H,1-2,5-6,9,11-12H2/t16-,17+,18+,22?. The van der Waals surface area contributed by atoms with E-state index < -0.39 is 41.8 Å². The van der Waals surface area contributed by atoms with E-state index >= 15 is 0 Å². The number of ether oxygens (including phenoxy) is 3. The third kappa shape index (κ3) is 5.48. The third-order valence-corrected chi connectivity index (χ3v) is 6.98. The number of carbonyl (C=O) groups is 1. The summed E-state index contributed by atoms with van der Waals surface area (Å²) < 4.78 is 95.3. The first-order valence-electron chi connectivity index (χ1n) is 12.0. The minimum Gasteiger partial charge on any atom is -0.489 e. The van der Waals surface area contributed by atoms with Crippen LogP contribution in [0.4, 0.5) is 32.2 Å². The van der Waals surface area contributed by atoms with Crippen molar-refractivity contribution in [1.82, 2.24) is 4.98 Å². The Labute approximate surface area is 208 Å². The molecule has 2 bridgehead atoms. The summed E-state index contributed by atoms with van der Waals surface area (Å²) in [5.74, 6) is -0.529. The molecule has 0 N–H and O–H groups in total. The molecule has 3 aliphatic rings. The lowest BCUT2D eigenvalue weighted by molar-refractivity contribution is -0.138. The minimum absolute atomic E-state index is 0.0125. The number of halogens is 6. The molecule has 1 aromatic heterocycles. The molecule has 6 nitrogen and oxygen atoms in total. The molecule has 0 aliphatic carbocycles. The van der Waals surface area contributed by atoms with Crippen LogP contribution in [0, 0.1) is 0 Å². The van der Waals surface area contributed by atoms with Gasteiger partial charge in [0.05, 0.1) is 17.7 Å². The van der Waals surface area contributed by atoms with Crippen LogP contribution in [0.3, 0.4) is 0 Å². The summed E-state index contributed by atoms with van der Waals surface area (Å²) in [4.78, 5) is 18.8. The molecule has 1 aromatic carbocycles. The molecule has 3 saturated heterocycles. The predicted molar refractivity (Wildman–Crippen MR) is 118 cm³/mol. The Hall–Kier alpha value is -3.02. The van der Waals surface area contributed by atoms with Gasteiger partial charge in [-0.1, -0.05) is 0 Å². The molecule has 3 fully saturated rings. The van der Waals surface area contributed by atoms with Gasteiger partial charge in [0, 0.05) is 37.5 Å². The zero-order valence-electron chi connectivity index (χ0n) is 19.5. The van der Waals surface area contributed by atoms with E-state index in [0.717, 1.165) is 43.3 Å². The van der Waals surface area contributed by atoms with Crippen molar-refractivity contribution in [2.75, 3.05) is 11.5 Å². The van der Waals surface area contributed by atoms with Crippen molar-refractivity contribution in [2.45, 2.75) is 75.4 Å². The Morgan fingerprint density at radius 2 is 1.62 bits per heavy atom. The number of alkyl halides is 6. The van der Waals surface area contributed by atoms with Gasteiger partial charge >= 0.3 is 18.3 Å². The molecule has 4 heterocycles. The number of aromatic nitrogens is 1. The van der Waals surface area contributed by atoms with E-state index in [2.05, 4.69) is 4.98 Å². The zero-order chi connectivity index (χ0) is 26.4. The Bertz CT molecular complexity index is 1120. The van der Waals surface area contributed by atoms with Gasteiger partial charge in [-0.25, -0.2) is 9.78 Å². The second kappa shape index (κ2) is 9.70. The summed E-state index contributed by atoms with van der Waals surface area (Å²) in [6.07, 6.45) is -5.92. The zero-order valence-corrected chi connectivity index (χ0v) is 19.5. The lowest BCUT2D eigenvalue weighted by atomic mass is 9.99. The van der Waals surface area contributed by atoms with Crippen LogP contribution in [0.1, 0.15) is 60.0 Å². The van der Waals surface area contributed by atoms with Crippen LogP contribution in [0.15, 0.2) is 36.5 Å². The fourth-order valence-electron chi connectivity index (χ4n) is 5.28. The highest BCUT2D eigenvalue weighted by Gasteiger charge is 2.43. The van der Waals surface area contributed by atoms with Gasteiger partial charge in [0.15, 0.2) is 0 Å². The van der Waals surface area contributed by atoms with Crippen LogP contribution in [0.2, 0.25) is 0 Å². The topological polar surface area (TPSA) is 60.9 Å². The maximum absolute atomic E-state index is 13.3. The number of nitrogens with zero attached hydrogens (tertiary/aromatic N) is 2. The molecule has 4 atom stereocenters. The number of hydrogen-bond acceptors (Lipinski definition) is 6. The highest BCUT2D eigenvalue weighted by atomic mass is 19.4. The molecule has 0 spiro atoms. The van der Waals surface area contributed by atoms with Crippen molar-refractivity contribution in [3.8, 4) is 5.75 Å². The fourth-order valence-corrected chi connectivity index (χ4v) is 5.28. The van der Waals surface area contributed by atoms with Crippen molar-refractivity contribution in [3.05, 3.63) is 53.2 Å². The first-order valence-corrected chi connectivity index (χ1v) is 12.0. The summed E-state index contributed by atoms with van der Waals surface area (Å²) in [6.45, 7) is 0.402. The number of benzene rings is 1. The van der Waals surface area contributed by atoms with E-state index in [1.165, 1.54) is 6.07 Å². The monoisotopic (exact) mass is 530 g/mol. The predicted octanol–water partition coefficient (Wildman–Crippen LogP) is 5.99. The summed E-state index contributed by atoms with van der Waals surface area (Å²) in [5, 5.41) is 0. The van der Waals surface area contributed by atoms with Crippen molar-refractivity contribution in [2.24, 2.45) is 0 Å². The van der Waals surface area contributed by atoms with Gasteiger partial charge in [0.1, 0.15) is 23.2 Å². The number of pyridine rings is 1. The number of anilines is 1. The molecule has 3 aliphatic heterocycles. The van der Waals surface area contributed by atoms with Crippen LogP contribution < -0.4 is 9.64 Å². The quantitative estimate of drug-likeness (QED) is 0.350. The number of esters is 1. The average molecular weight is 530 g/mol. The second-order valence-electron chi connectivity index (χ2n) is 9.46. The Kier molecular flexibility index (Phi) is 6.71. The second-order valence-corrected chi connectivity index (χ2v) is 9.46. The molecule has 12 heteroatoms. The molecule has 200 valence electrons. The molecular weight excluding hydrogens is 506 g/mol. The maximum Gasteiger partial charge on any atom is 0.417 e. The van der Waals surface area contributed by atoms with Gasteiger partial charge in [-0.15, -0.1) is 0 Å². The summed E-state index contributed by atoms with van der Waals surface area (Å²) in [6, 6.07) is 4.93. The van der Waals surface area contributed by atoms with Gasteiger partial charge in [0.25, 0.3) is 0 Å². The lowest BCUT2D eigenvalue weighted by Gasteiger charge is -2.40. The van der Waals surface area contributed by atoms with Crippen molar-refractivity contribution >= 4 is 11.8 Å². The van der Waals surface area contributed by atoms with E-state index in [9.17, 15) is 31.1 Å². The number of piperidine rings is 1. The van der Waals surface area contributed by atoms with E-state index in [-0.39, 0.29) is 23.4 Å². The normalized spacial score (nSPS) is 25.8. The van der Waals surface area contributed by atoms with Crippen LogP contribution in [0.25, 0.3) is 0 Å². The first kappa shape index (κ1) is 25.6. The summed E-state index contributed by atoms with van der Waals surface area (Å²) in [7, 11) is 0. The smallest absolute Gasteiger partial charge is 0.417 e. The Balaban J connectivity index is 1.33. The molecule has 1 unspecified atom stereocenters. The van der Waals surface area contributed by atoms with Crippen LogP contribution in [-0.2, 0) is 21.8 Å². The van der Waals surface area contributed by atoms with Gasteiger partial charge in [-0.2, -0.15) is 26.3 Å². The molecule has 37 heavy (non-hydrogen) atoms. The van der Waals surface area contributed by atoms with Gasteiger partial charge in [-0.05, 0) is 49.6 Å². The lowest BCUT2D eigenvalue weighted by Crippen LogP contribution is -2.47. The molecule has 2 aromatic rings. The van der Waals surface area contributed by atoms with Gasteiger partial charge < -0.3 is 19.1 Å². The molecular formula is C25H24F6N2O4. The first-order chi connectivity index (χ1) is 17.5. The van der Waals surface area contributed by atoms with Crippen molar-refractivity contribution in [3.63, 3.8) is 0 Å². The minimum atomic E-state index is -4.66. The number of carbonyl (C=O) groups excluding carboxylic acids is 1. The maximum atomic E-state index is 13.3. The van der Waals surface area contributed by atoms with E-state index in [4.69, 9.17) is 14.2 Å². The average Bonchev–Trinajstić information content (AvgIpc) is 3.43. The van der Waals surface area contributed by atoms with E-state index in [0.29, 0.717) is 38.1 Å². The molecule has 0 amide bonds. The highest BCUT2D eigenvalue weighted by molar-refractivity contribution is 5.93. The van der Waals surface area contributed by atoms with Crippen LogP contribution in [0.5, 0.6) is 5.75 Å². The largest absolute Gasteiger partial charge is 0.489 e. The van der Waals surface area contributed by atoms with Crippen molar-refractivity contribution in [1.29, 1.82) is 0 Å².